The van der Waals surface area contributed by atoms with Crippen molar-refractivity contribution in [3.05, 3.63) is 131 Å². The molecule has 1 heterocycles. The van der Waals surface area contributed by atoms with Crippen molar-refractivity contribution in [1.29, 1.82) is 0 Å². The quantitative estimate of drug-likeness (QED) is 0.145. The van der Waals surface area contributed by atoms with Gasteiger partial charge < -0.3 is 4.42 Å². The standard InChI is InChI=1S/C34H26N2O.2ClH.Fe/c1-21(35-27-11-13-31-25(19-27)17-23-7-3-5-9-29(23)31)33-15-16-34(37-33)22(2)36-28-12-14-32-26(20-28)18-24-8-4-6-10-30(24)32;;;/h3-16,19-20H,17-18H2,1-2H3;2*1H;/q;;;+2/p-2. The van der Waals surface area contributed by atoms with E-state index in [9.17, 15) is 0 Å². The van der Waals surface area contributed by atoms with Crippen LogP contribution in [0.2, 0.25) is 0 Å². The molecular formula is C34H26Cl2FeN2O. The number of halogens is 2. The molecule has 0 aliphatic heterocycles. The number of benzene rings is 4. The Bertz CT molecular complexity index is 1660. The summed E-state index contributed by atoms with van der Waals surface area (Å²) >= 11 is 0.194. The molecule has 3 nitrogen and oxygen atoms in total. The summed E-state index contributed by atoms with van der Waals surface area (Å²) < 4.78 is 6.18. The van der Waals surface area contributed by atoms with Crippen LogP contribution in [-0.4, -0.2) is 11.4 Å². The molecule has 2 aliphatic rings. The number of hydrogen-bond donors (Lipinski definition) is 0. The predicted molar refractivity (Wildman–Crippen MR) is 164 cm³/mol. The Kier molecular flexibility index (Phi) is 7.78. The molecule has 200 valence electrons. The van der Waals surface area contributed by atoms with Crippen molar-refractivity contribution >= 4 is 43.0 Å². The van der Waals surface area contributed by atoms with E-state index in [1.54, 1.807) is 0 Å². The van der Waals surface area contributed by atoms with E-state index in [2.05, 4.69) is 84.9 Å². The van der Waals surface area contributed by atoms with Gasteiger partial charge in [0.15, 0.2) is 0 Å². The van der Waals surface area contributed by atoms with Crippen LogP contribution in [0.25, 0.3) is 22.3 Å². The van der Waals surface area contributed by atoms with E-state index >= 15 is 0 Å². The number of rotatable bonds is 4. The molecule has 0 spiro atoms. The van der Waals surface area contributed by atoms with Gasteiger partial charge in [-0.3, -0.25) is 0 Å². The Labute approximate surface area is 249 Å². The van der Waals surface area contributed by atoms with Crippen molar-refractivity contribution in [3.63, 3.8) is 0 Å². The zero-order valence-corrected chi connectivity index (χ0v) is 24.7. The van der Waals surface area contributed by atoms with Crippen molar-refractivity contribution in [2.24, 2.45) is 9.98 Å². The fourth-order valence-corrected chi connectivity index (χ4v) is 5.63. The van der Waals surface area contributed by atoms with Crippen LogP contribution in [-0.2, 0) is 26.0 Å². The van der Waals surface area contributed by atoms with Crippen LogP contribution in [0.5, 0.6) is 0 Å². The van der Waals surface area contributed by atoms with Crippen LogP contribution in [0.1, 0.15) is 47.6 Å². The molecule has 0 N–H and O–H groups in total. The van der Waals surface area contributed by atoms with Crippen LogP contribution in [0.3, 0.4) is 0 Å². The fourth-order valence-electron chi connectivity index (χ4n) is 5.63. The summed E-state index contributed by atoms with van der Waals surface area (Å²) in [5, 5.41) is 0. The van der Waals surface area contributed by atoms with Gasteiger partial charge in [0.25, 0.3) is 0 Å². The van der Waals surface area contributed by atoms with Gasteiger partial charge in [-0.25, -0.2) is 9.98 Å². The van der Waals surface area contributed by atoms with Crippen LogP contribution in [0.4, 0.5) is 11.4 Å². The first-order valence-electron chi connectivity index (χ1n) is 13.0. The van der Waals surface area contributed by atoms with Gasteiger partial charge in [0.1, 0.15) is 11.5 Å². The number of furan rings is 1. The fraction of sp³-hybridized carbons (Fsp3) is 0.118. The minimum atomic E-state index is 0.194. The average molecular weight is 605 g/mol. The maximum atomic E-state index is 6.18. The summed E-state index contributed by atoms with van der Waals surface area (Å²) in [6.45, 7) is 3.99. The van der Waals surface area contributed by atoms with Gasteiger partial charge in [-0.15, -0.1) is 0 Å². The van der Waals surface area contributed by atoms with E-state index < -0.39 is 0 Å². The first-order chi connectivity index (χ1) is 19.5. The molecule has 4 aromatic carbocycles. The number of nitrogens with zero attached hydrogens (tertiary/aromatic N) is 2. The molecule has 1 aromatic heterocycles. The van der Waals surface area contributed by atoms with E-state index in [1.807, 2.05) is 26.0 Å². The summed E-state index contributed by atoms with van der Waals surface area (Å²) in [7, 11) is 9.53. The Balaban J connectivity index is 0.000000925. The van der Waals surface area contributed by atoms with Crippen molar-refractivity contribution in [2.75, 3.05) is 0 Å². The predicted octanol–water partition coefficient (Wildman–Crippen LogP) is 10.1. The third-order valence-corrected chi connectivity index (χ3v) is 7.47. The van der Waals surface area contributed by atoms with Crippen molar-refractivity contribution in [2.45, 2.75) is 26.7 Å². The molecule has 0 radical (unpaired) electrons. The molecule has 0 unspecified atom stereocenters. The molecule has 0 saturated heterocycles. The van der Waals surface area contributed by atoms with E-state index in [-0.39, 0.29) is 13.1 Å². The van der Waals surface area contributed by atoms with Crippen LogP contribution >= 0.6 is 20.2 Å². The number of hydrogen-bond acceptors (Lipinski definition) is 3. The third kappa shape index (κ3) is 5.33. The second-order valence-corrected chi connectivity index (χ2v) is 11.8. The van der Waals surface area contributed by atoms with Gasteiger partial charge in [-0.1, -0.05) is 60.7 Å². The summed E-state index contributed by atoms with van der Waals surface area (Å²) in [5.41, 5.74) is 14.3. The number of aliphatic imine (C=N–C) groups is 2. The van der Waals surface area contributed by atoms with E-state index in [0.717, 1.165) is 47.2 Å². The molecule has 0 fully saturated rings. The molecule has 2 aliphatic carbocycles. The van der Waals surface area contributed by atoms with Gasteiger partial charge in [0.05, 0.1) is 22.8 Å². The number of fused-ring (bicyclic) bond motifs is 6. The summed E-state index contributed by atoms with van der Waals surface area (Å²) in [4.78, 5) is 9.74. The van der Waals surface area contributed by atoms with Crippen LogP contribution in [0, 0.1) is 0 Å². The zero-order chi connectivity index (χ0) is 27.6. The van der Waals surface area contributed by atoms with E-state index in [4.69, 9.17) is 34.6 Å². The molecule has 40 heavy (non-hydrogen) atoms. The molecule has 0 bridgehead atoms. The van der Waals surface area contributed by atoms with Gasteiger partial charge >= 0.3 is 33.3 Å². The van der Waals surface area contributed by atoms with Gasteiger partial charge in [-0.2, -0.15) is 0 Å². The molecule has 0 atom stereocenters. The molecular weight excluding hydrogens is 579 g/mol. The molecule has 0 saturated carbocycles. The second kappa shape index (κ2) is 11.6. The molecule has 0 amide bonds. The average Bonchev–Trinajstić information content (AvgIpc) is 3.68. The Morgan fingerprint density at radius 1 is 0.575 bits per heavy atom. The van der Waals surface area contributed by atoms with Gasteiger partial charge in [0.2, 0.25) is 0 Å². The van der Waals surface area contributed by atoms with Crippen molar-refractivity contribution in [1.82, 2.24) is 0 Å². The second-order valence-electron chi connectivity index (χ2n) is 9.96. The SMILES string of the molecule is CC(=Nc1ccc2c(c1)Cc1ccccc1-2)c1ccc(C(C)=Nc2ccc3c(c2)Cc2ccccc2-3)o1.[Cl][Fe][Cl]. The summed E-state index contributed by atoms with van der Waals surface area (Å²) in [5.74, 6) is 1.52. The van der Waals surface area contributed by atoms with Crippen molar-refractivity contribution < 1.29 is 17.6 Å². The third-order valence-electron chi connectivity index (χ3n) is 7.47. The zero-order valence-electron chi connectivity index (χ0n) is 22.1. The first kappa shape index (κ1) is 26.8. The monoisotopic (exact) mass is 604 g/mol. The Morgan fingerprint density at radius 3 is 1.43 bits per heavy atom. The molecule has 7 rings (SSSR count). The Hall–Kier alpha value is -3.40. The van der Waals surface area contributed by atoms with Crippen LogP contribution in [0.15, 0.2) is 111 Å². The van der Waals surface area contributed by atoms with Gasteiger partial charge in [-0.05, 0) is 108 Å². The van der Waals surface area contributed by atoms with E-state index in [0.29, 0.717) is 0 Å². The maximum absolute atomic E-state index is 6.18. The summed E-state index contributed by atoms with van der Waals surface area (Å²) in [6, 6.07) is 34.2. The van der Waals surface area contributed by atoms with E-state index in [1.165, 1.54) is 44.5 Å². The molecule has 6 heteroatoms. The Morgan fingerprint density at radius 2 is 0.975 bits per heavy atom. The minimum absolute atomic E-state index is 0.194. The normalized spacial score (nSPS) is 13.3. The van der Waals surface area contributed by atoms with Crippen molar-refractivity contribution in [3.8, 4) is 22.3 Å². The molecule has 5 aromatic rings. The van der Waals surface area contributed by atoms with Crippen LogP contribution < -0.4 is 0 Å². The summed E-state index contributed by atoms with van der Waals surface area (Å²) in [6.07, 6.45) is 1.92. The topological polar surface area (TPSA) is 37.9 Å². The van der Waals surface area contributed by atoms with Gasteiger partial charge in [0, 0.05) is 0 Å². The first-order valence-corrected chi connectivity index (χ1v) is 16.1.